The Kier molecular flexibility index (Phi) is 4.24. The number of aromatic nitrogens is 3. The van der Waals surface area contributed by atoms with Gasteiger partial charge in [-0.25, -0.2) is 4.79 Å². The summed E-state index contributed by atoms with van der Waals surface area (Å²) < 4.78 is 12.3. The van der Waals surface area contributed by atoms with E-state index in [1.54, 1.807) is 23.1 Å². The molecule has 5 rings (SSSR count). The Hall–Kier alpha value is -3.33. The third kappa shape index (κ3) is 3.03. The molecule has 150 valence electrons. The molecule has 2 amide bonds. The van der Waals surface area contributed by atoms with Gasteiger partial charge in [-0.05, 0) is 12.1 Å². The van der Waals surface area contributed by atoms with Crippen LogP contribution in [0.3, 0.4) is 0 Å². The van der Waals surface area contributed by atoms with E-state index < -0.39 is 6.09 Å². The molecule has 0 aliphatic carbocycles. The standard InChI is InChI=1S/C20H21N5O4/c1-28-12-14-10-24(20(27)29-14)17-9-21-25-7-6-23(11-18(17)25)19(26)16-8-13-4-2-3-5-15(13)22-16/h2-5,8-9,14,22H,6-7,10-12H2,1H3/t14-/m1/s1. The summed E-state index contributed by atoms with van der Waals surface area (Å²) in [5.41, 5.74) is 3.00. The number of carbonyl (C=O) groups is 2. The van der Waals surface area contributed by atoms with Gasteiger partial charge in [-0.2, -0.15) is 5.10 Å². The van der Waals surface area contributed by atoms with Crippen molar-refractivity contribution in [3.05, 3.63) is 47.9 Å². The first-order chi connectivity index (χ1) is 14.1. The number of amides is 2. The monoisotopic (exact) mass is 395 g/mol. The molecule has 9 heteroatoms. The fourth-order valence-electron chi connectivity index (χ4n) is 3.98. The number of anilines is 1. The lowest BCUT2D eigenvalue weighted by molar-refractivity contribution is 0.0701. The van der Waals surface area contributed by atoms with E-state index in [4.69, 9.17) is 9.47 Å². The van der Waals surface area contributed by atoms with E-state index >= 15 is 0 Å². The molecule has 1 N–H and O–H groups in total. The van der Waals surface area contributed by atoms with Gasteiger partial charge in [-0.15, -0.1) is 0 Å². The van der Waals surface area contributed by atoms with Crippen molar-refractivity contribution in [2.75, 3.05) is 31.7 Å². The second-order valence-corrected chi connectivity index (χ2v) is 7.27. The quantitative estimate of drug-likeness (QED) is 0.729. The van der Waals surface area contributed by atoms with Crippen LogP contribution in [0.4, 0.5) is 10.5 Å². The van der Waals surface area contributed by atoms with Gasteiger partial charge < -0.3 is 19.4 Å². The van der Waals surface area contributed by atoms with E-state index in [2.05, 4.69) is 10.1 Å². The number of H-pyrrole nitrogens is 1. The smallest absolute Gasteiger partial charge is 0.414 e. The number of fused-ring (bicyclic) bond motifs is 2. The van der Waals surface area contributed by atoms with Crippen LogP contribution in [0.1, 0.15) is 16.2 Å². The average Bonchev–Trinajstić information content (AvgIpc) is 3.43. The summed E-state index contributed by atoms with van der Waals surface area (Å²) in [7, 11) is 1.58. The van der Waals surface area contributed by atoms with E-state index in [-0.39, 0.29) is 12.0 Å². The van der Waals surface area contributed by atoms with E-state index in [0.717, 1.165) is 16.6 Å². The van der Waals surface area contributed by atoms with Gasteiger partial charge in [0.1, 0.15) is 11.8 Å². The number of methoxy groups -OCH3 is 1. The largest absolute Gasteiger partial charge is 0.441 e. The molecule has 3 aromatic rings. The SMILES string of the molecule is COC[C@H]1CN(c2cnn3c2CN(C(=O)c2cc4ccccc4[nH]2)CC3)C(=O)O1. The molecule has 0 spiro atoms. The maximum atomic E-state index is 13.1. The molecule has 2 aliphatic rings. The molecule has 0 saturated carbocycles. The molecule has 0 radical (unpaired) electrons. The zero-order chi connectivity index (χ0) is 20.0. The number of benzene rings is 1. The summed E-state index contributed by atoms with van der Waals surface area (Å²) in [6.07, 6.45) is 0.945. The fourth-order valence-corrected chi connectivity index (χ4v) is 3.98. The molecule has 1 saturated heterocycles. The number of hydrogen-bond acceptors (Lipinski definition) is 5. The van der Waals surface area contributed by atoms with Gasteiger partial charge in [0, 0.05) is 24.6 Å². The Morgan fingerprint density at radius 3 is 3.03 bits per heavy atom. The zero-order valence-corrected chi connectivity index (χ0v) is 16.0. The van der Waals surface area contributed by atoms with Gasteiger partial charge in [0.25, 0.3) is 5.91 Å². The van der Waals surface area contributed by atoms with E-state index in [0.29, 0.717) is 44.2 Å². The van der Waals surface area contributed by atoms with Crippen LogP contribution in [0.25, 0.3) is 10.9 Å². The lowest BCUT2D eigenvalue weighted by Gasteiger charge is -2.28. The Morgan fingerprint density at radius 2 is 2.21 bits per heavy atom. The topological polar surface area (TPSA) is 92.7 Å². The normalized spacial score (nSPS) is 18.9. The van der Waals surface area contributed by atoms with Crippen LogP contribution in [0, 0.1) is 0 Å². The third-order valence-electron chi connectivity index (χ3n) is 5.41. The van der Waals surface area contributed by atoms with Crippen molar-refractivity contribution in [2.45, 2.75) is 19.2 Å². The van der Waals surface area contributed by atoms with Gasteiger partial charge in [0.15, 0.2) is 0 Å². The van der Waals surface area contributed by atoms with Gasteiger partial charge in [0.2, 0.25) is 0 Å². The highest BCUT2D eigenvalue weighted by Gasteiger charge is 2.36. The van der Waals surface area contributed by atoms with Crippen molar-refractivity contribution in [3.8, 4) is 0 Å². The molecule has 1 atom stereocenters. The lowest BCUT2D eigenvalue weighted by Crippen LogP contribution is -2.39. The van der Waals surface area contributed by atoms with Gasteiger partial charge in [-0.1, -0.05) is 18.2 Å². The summed E-state index contributed by atoms with van der Waals surface area (Å²) >= 11 is 0. The number of cyclic esters (lactones) is 1. The van der Waals surface area contributed by atoms with Gasteiger partial charge in [-0.3, -0.25) is 14.4 Å². The molecule has 1 fully saturated rings. The van der Waals surface area contributed by atoms with Crippen LogP contribution in [-0.4, -0.2) is 64.6 Å². The number of rotatable bonds is 4. The molecule has 0 unspecified atom stereocenters. The van der Waals surface area contributed by atoms with Crippen molar-refractivity contribution in [3.63, 3.8) is 0 Å². The van der Waals surface area contributed by atoms with Crippen LogP contribution in [0.15, 0.2) is 36.5 Å². The Labute approximate surface area is 166 Å². The number of para-hydroxylation sites is 1. The minimum absolute atomic E-state index is 0.0687. The zero-order valence-electron chi connectivity index (χ0n) is 16.0. The van der Waals surface area contributed by atoms with E-state index in [1.165, 1.54) is 0 Å². The highest BCUT2D eigenvalue weighted by Crippen LogP contribution is 2.29. The predicted octanol–water partition coefficient (Wildman–Crippen LogP) is 1.99. The molecule has 4 heterocycles. The lowest BCUT2D eigenvalue weighted by atomic mass is 10.2. The van der Waals surface area contributed by atoms with Crippen molar-refractivity contribution in [1.82, 2.24) is 19.7 Å². The summed E-state index contributed by atoms with van der Waals surface area (Å²) in [6, 6.07) is 9.68. The minimum atomic E-state index is -0.415. The number of nitrogens with one attached hydrogen (secondary N) is 1. The molecule has 9 nitrogen and oxygen atoms in total. The molecule has 1 aromatic carbocycles. The second-order valence-electron chi connectivity index (χ2n) is 7.27. The Morgan fingerprint density at radius 1 is 1.34 bits per heavy atom. The van der Waals surface area contributed by atoms with Crippen molar-refractivity contribution >= 4 is 28.6 Å². The molecule has 2 aliphatic heterocycles. The molecule has 29 heavy (non-hydrogen) atoms. The molecule has 0 bridgehead atoms. The van der Waals surface area contributed by atoms with E-state index in [1.807, 2.05) is 35.0 Å². The van der Waals surface area contributed by atoms with Crippen LogP contribution < -0.4 is 4.90 Å². The van der Waals surface area contributed by atoms with Gasteiger partial charge >= 0.3 is 6.09 Å². The molecular formula is C20H21N5O4. The first-order valence-electron chi connectivity index (χ1n) is 9.53. The maximum absolute atomic E-state index is 13.1. The van der Waals surface area contributed by atoms with Crippen molar-refractivity contribution in [1.29, 1.82) is 0 Å². The Balaban J connectivity index is 1.39. The third-order valence-corrected chi connectivity index (χ3v) is 5.41. The highest BCUT2D eigenvalue weighted by molar-refractivity contribution is 5.98. The Bertz CT molecular complexity index is 1050. The number of ether oxygens (including phenoxy) is 2. The van der Waals surface area contributed by atoms with Crippen LogP contribution in [0.5, 0.6) is 0 Å². The number of hydrogen-bond donors (Lipinski definition) is 1. The molecule has 2 aromatic heterocycles. The van der Waals surface area contributed by atoms with Crippen molar-refractivity contribution < 1.29 is 19.1 Å². The molecular weight excluding hydrogens is 374 g/mol. The first-order valence-corrected chi connectivity index (χ1v) is 9.53. The summed E-state index contributed by atoms with van der Waals surface area (Å²) in [5, 5.41) is 5.40. The minimum Gasteiger partial charge on any atom is -0.441 e. The fraction of sp³-hybridized carbons (Fsp3) is 0.350. The maximum Gasteiger partial charge on any atom is 0.414 e. The predicted molar refractivity (Wildman–Crippen MR) is 105 cm³/mol. The summed E-state index contributed by atoms with van der Waals surface area (Å²) in [6.45, 7) is 2.26. The summed E-state index contributed by atoms with van der Waals surface area (Å²) in [5.74, 6) is -0.0687. The van der Waals surface area contributed by atoms with Crippen LogP contribution in [-0.2, 0) is 22.6 Å². The summed E-state index contributed by atoms with van der Waals surface area (Å²) in [4.78, 5) is 31.9. The number of nitrogens with zero attached hydrogens (tertiary/aromatic N) is 4. The number of carbonyl (C=O) groups excluding carboxylic acids is 2. The number of aromatic amines is 1. The average molecular weight is 395 g/mol. The van der Waals surface area contributed by atoms with Crippen LogP contribution in [0.2, 0.25) is 0 Å². The van der Waals surface area contributed by atoms with Gasteiger partial charge in [0.05, 0.1) is 43.8 Å². The van der Waals surface area contributed by atoms with Crippen LogP contribution >= 0.6 is 0 Å². The highest BCUT2D eigenvalue weighted by atomic mass is 16.6. The van der Waals surface area contributed by atoms with E-state index in [9.17, 15) is 9.59 Å². The van der Waals surface area contributed by atoms with Crippen molar-refractivity contribution in [2.24, 2.45) is 0 Å². The first kappa shape index (κ1) is 17.7. The second kappa shape index (κ2) is 6.93.